The molecule has 0 N–H and O–H groups in total. The van der Waals surface area contributed by atoms with Crippen molar-refractivity contribution in [1.29, 1.82) is 0 Å². The fourth-order valence-electron chi connectivity index (χ4n) is 2.28. The number of anilines is 1. The molecule has 1 unspecified atom stereocenters. The predicted molar refractivity (Wildman–Crippen MR) is 67.0 cm³/mol. The SMILES string of the molecule is Cc1nccc(N2CCCC(CCCl)C2)n1. The van der Waals surface area contributed by atoms with Gasteiger partial charge < -0.3 is 4.90 Å². The molecule has 1 atom stereocenters. The lowest BCUT2D eigenvalue weighted by Gasteiger charge is -2.33. The number of rotatable bonds is 3. The Morgan fingerprint density at radius 3 is 3.19 bits per heavy atom. The summed E-state index contributed by atoms with van der Waals surface area (Å²) in [7, 11) is 0. The second kappa shape index (κ2) is 5.48. The van der Waals surface area contributed by atoms with Crippen molar-refractivity contribution in [1.82, 2.24) is 9.97 Å². The second-order valence-electron chi connectivity index (χ2n) is 4.39. The highest BCUT2D eigenvalue weighted by atomic mass is 35.5. The smallest absolute Gasteiger partial charge is 0.132 e. The molecule has 0 bridgehead atoms. The van der Waals surface area contributed by atoms with Crippen molar-refractivity contribution in [3.05, 3.63) is 18.1 Å². The Balaban J connectivity index is 2.03. The molecule has 2 heterocycles. The summed E-state index contributed by atoms with van der Waals surface area (Å²) in [6.07, 6.45) is 5.49. The molecule has 1 aliphatic rings. The van der Waals surface area contributed by atoms with Crippen LogP contribution < -0.4 is 4.90 Å². The van der Waals surface area contributed by atoms with E-state index in [1.807, 2.05) is 19.2 Å². The number of aromatic nitrogens is 2. The van der Waals surface area contributed by atoms with Crippen LogP contribution in [0.25, 0.3) is 0 Å². The predicted octanol–water partition coefficient (Wildman–Crippen LogP) is 2.63. The third-order valence-corrected chi connectivity index (χ3v) is 3.34. The summed E-state index contributed by atoms with van der Waals surface area (Å²) in [6, 6.07) is 2.00. The number of alkyl halides is 1. The highest BCUT2D eigenvalue weighted by Crippen LogP contribution is 2.23. The average Bonchev–Trinajstić information content (AvgIpc) is 2.30. The minimum absolute atomic E-state index is 0.724. The van der Waals surface area contributed by atoms with Gasteiger partial charge in [-0.3, -0.25) is 0 Å². The molecule has 1 saturated heterocycles. The van der Waals surface area contributed by atoms with Crippen LogP contribution in [0.4, 0.5) is 5.82 Å². The Hall–Kier alpha value is -0.830. The van der Waals surface area contributed by atoms with Gasteiger partial charge in [-0.15, -0.1) is 11.6 Å². The number of aryl methyl sites for hydroxylation is 1. The number of piperidine rings is 1. The summed E-state index contributed by atoms with van der Waals surface area (Å²) < 4.78 is 0. The monoisotopic (exact) mass is 239 g/mol. The van der Waals surface area contributed by atoms with Crippen molar-refractivity contribution < 1.29 is 0 Å². The third kappa shape index (κ3) is 2.85. The van der Waals surface area contributed by atoms with Gasteiger partial charge >= 0.3 is 0 Å². The molecule has 1 fully saturated rings. The first-order valence-corrected chi connectivity index (χ1v) is 6.43. The second-order valence-corrected chi connectivity index (χ2v) is 4.77. The first-order chi connectivity index (χ1) is 7.79. The molecule has 1 aliphatic heterocycles. The molecule has 0 saturated carbocycles. The van der Waals surface area contributed by atoms with Gasteiger partial charge in [0.2, 0.25) is 0 Å². The molecule has 88 valence electrons. The standard InChI is InChI=1S/C12H18ClN3/c1-10-14-7-5-12(15-10)16-8-2-3-11(9-16)4-6-13/h5,7,11H,2-4,6,8-9H2,1H3. The fourth-order valence-corrected chi connectivity index (χ4v) is 2.59. The van der Waals surface area contributed by atoms with Gasteiger partial charge in [0.05, 0.1) is 0 Å². The van der Waals surface area contributed by atoms with E-state index >= 15 is 0 Å². The highest BCUT2D eigenvalue weighted by molar-refractivity contribution is 6.17. The number of nitrogens with zero attached hydrogens (tertiary/aromatic N) is 3. The van der Waals surface area contributed by atoms with E-state index in [0.717, 1.165) is 43.0 Å². The Bertz CT molecular complexity index is 341. The molecule has 0 amide bonds. The lowest BCUT2D eigenvalue weighted by atomic mass is 9.95. The van der Waals surface area contributed by atoms with Crippen LogP contribution in [-0.4, -0.2) is 28.9 Å². The van der Waals surface area contributed by atoms with Gasteiger partial charge in [-0.25, -0.2) is 9.97 Å². The fraction of sp³-hybridized carbons (Fsp3) is 0.667. The van der Waals surface area contributed by atoms with Crippen molar-refractivity contribution >= 4 is 17.4 Å². The lowest BCUT2D eigenvalue weighted by Crippen LogP contribution is -2.36. The molecule has 16 heavy (non-hydrogen) atoms. The van der Waals surface area contributed by atoms with Crippen molar-refractivity contribution in [3.63, 3.8) is 0 Å². The van der Waals surface area contributed by atoms with Gasteiger partial charge in [-0.05, 0) is 38.2 Å². The maximum Gasteiger partial charge on any atom is 0.132 e. The van der Waals surface area contributed by atoms with Gasteiger partial charge in [0, 0.05) is 25.2 Å². The Kier molecular flexibility index (Phi) is 3.99. The zero-order chi connectivity index (χ0) is 11.4. The molecule has 1 aromatic heterocycles. The van der Waals surface area contributed by atoms with Gasteiger partial charge in [-0.2, -0.15) is 0 Å². The van der Waals surface area contributed by atoms with Crippen LogP contribution in [0.15, 0.2) is 12.3 Å². The highest BCUT2D eigenvalue weighted by Gasteiger charge is 2.20. The molecule has 0 aromatic carbocycles. The Morgan fingerprint density at radius 2 is 2.44 bits per heavy atom. The van der Waals surface area contributed by atoms with Crippen molar-refractivity contribution in [2.75, 3.05) is 23.9 Å². The topological polar surface area (TPSA) is 29.0 Å². The van der Waals surface area contributed by atoms with E-state index in [1.54, 1.807) is 0 Å². The van der Waals surface area contributed by atoms with Gasteiger partial charge in [-0.1, -0.05) is 0 Å². The molecule has 1 aromatic rings. The van der Waals surface area contributed by atoms with Gasteiger partial charge in [0.15, 0.2) is 0 Å². The van der Waals surface area contributed by atoms with Crippen LogP contribution in [-0.2, 0) is 0 Å². The van der Waals surface area contributed by atoms with Crippen LogP contribution in [0.1, 0.15) is 25.1 Å². The van der Waals surface area contributed by atoms with E-state index in [-0.39, 0.29) is 0 Å². The van der Waals surface area contributed by atoms with E-state index in [2.05, 4.69) is 14.9 Å². The number of halogens is 1. The molecule has 0 spiro atoms. The van der Waals surface area contributed by atoms with Gasteiger partial charge in [0.25, 0.3) is 0 Å². The number of hydrogen-bond donors (Lipinski definition) is 0. The van der Waals surface area contributed by atoms with Crippen molar-refractivity contribution in [3.8, 4) is 0 Å². The number of hydrogen-bond acceptors (Lipinski definition) is 3. The lowest BCUT2D eigenvalue weighted by molar-refractivity contribution is 0.404. The molecule has 0 aliphatic carbocycles. The summed E-state index contributed by atoms with van der Waals surface area (Å²) in [5.74, 6) is 3.40. The largest absolute Gasteiger partial charge is 0.356 e. The molecule has 3 nitrogen and oxygen atoms in total. The van der Waals surface area contributed by atoms with Crippen LogP contribution in [0.2, 0.25) is 0 Å². The van der Waals surface area contributed by atoms with Crippen LogP contribution in [0.3, 0.4) is 0 Å². The summed E-state index contributed by atoms with van der Waals surface area (Å²) in [5.41, 5.74) is 0. The van der Waals surface area contributed by atoms with Gasteiger partial charge in [0.1, 0.15) is 11.6 Å². The van der Waals surface area contributed by atoms with E-state index in [1.165, 1.54) is 12.8 Å². The minimum atomic E-state index is 0.724. The first kappa shape index (κ1) is 11.6. The van der Waals surface area contributed by atoms with Crippen LogP contribution in [0, 0.1) is 12.8 Å². The Labute approximate surface area is 102 Å². The van der Waals surface area contributed by atoms with Crippen LogP contribution >= 0.6 is 11.6 Å². The average molecular weight is 240 g/mol. The van der Waals surface area contributed by atoms with Crippen molar-refractivity contribution in [2.24, 2.45) is 5.92 Å². The zero-order valence-electron chi connectivity index (χ0n) is 9.69. The minimum Gasteiger partial charge on any atom is -0.356 e. The van der Waals surface area contributed by atoms with E-state index in [0.29, 0.717) is 0 Å². The summed E-state index contributed by atoms with van der Waals surface area (Å²) in [4.78, 5) is 11.0. The Morgan fingerprint density at radius 1 is 1.56 bits per heavy atom. The third-order valence-electron chi connectivity index (χ3n) is 3.12. The molecule has 2 rings (SSSR count). The first-order valence-electron chi connectivity index (χ1n) is 5.90. The van der Waals surface area contributed by atoms with Crippen LogP contribution in [0.5, 0.6) is 0 Å². The van der Waals surface area contributed by atoms with E-state index in [4.69, 9.17) is 11.6 Å². The molecule has 4 heteroatoms. The maximum absolute atomic E-state index is 5.81. The maximum atomic E-state index is 5.81. The zero-order valence-corrected chi connectivity index (χ0v) is 10.5. The van der Waals surface area contributed by atoms with Crippen molar-refractivity contribution in [2.45, 2.75) is 26.2 Å². The van der Waals surface area contributed by atoms with E-state index < -0.39 is 0 Å². The summed E-state index contributed by atoms with van der Waals surface area (Å²) in [5, 5.41) is 0. The molecular formula is C12H18ClN3. The summed E-state index contributed by atoms with van der Waals surface area (Å²) >= 11 is 5.81. The molecule has 0 radical (unpaired) electrons. The quantitative estimate of drug-likeness (QED) is 0.760. The summed E-state index contributed by atoms with van der Waals surface area (Å²) in [6.45, 7) is 4.13. The molecular weight excluding hydrogens is 222 g/mol. The normalized spacial score (nSPS) is 21.1. The van der Waals surface area contributed by atoms with E-state index in [9.17, 15) is 0 Å².